The third kappa shape index (κ3) is 6.64. The molecule has 9 nitrogen and oxygen atoms in total. The molecule has 0 bridgehead atoms. The minimum Gasteiger partial charge on any atom is -0.373 e. The molecule has 2 fully saturated rings. The van der Waals surface area contributed by atoms with Gasteiger partial charge in [-0.05, 0) is 69.0 Å². The molecule has 37 heavy (non-hydrogen) atoms. The van der Waals surface area contributed by atoms with Crippen molar-refractivity contribution < 1.29 is 21.6 Å². The molecule has 2 aromatic rings. The minimum absolute atomic E-state index is 0.00712. The summed E-state index contributed by atoms with van der Waals surface area (Å²) in [5.41, 5.74) is 1.37. The lowest BCUT2D eigenvalue weighted by molar-refractivity contribution is -0.0720. The maximum Gasteiger partial charge on any atom is 0.261 e. The van der Waals surface area contributed by atoms with Crippen molar-refractivity contribution in [1.82, 2.24) is 9.21 Å². The zero-order valence-corrected chi connectivity index (χ0v) is 23.6. The van der Waals surface area contributed by atoms with Crippen LogP contribution in [0, 0.1) is 5.92 Å². The van der Waals surface area contributed by atoms with E-state index in [1.54, 1.807) is 6.07 Å². The van der Waals surface area contributed by atoms with Crippen LogP contribution in [0.15, 0.2) is 58.3 Å². The van der Waals surface area contributed by atoms with Crippen LogP contribution >= 0.6 is 0 Å². The molecule has 2 saturated heterocycles. The third-order valence-corrected chi connectivity index (χ3v) is 10.2. The number of ether oxygens (including phenoxy) is 1. The Morgan fingerprint density at radius 1 is 0.892 bits per heavy atom. The molecule has 0 radical (unpaired) electrons. The van der Waals surface area contributed by atoms with Gasteiger partial charge in [0.25, 0.3) is 10.0 Å². The lowest BCUT2D eigenvalue weighted by Gasteiger charge is -2.40. The first-order chi connectivity index (χ1) is 17.5. The van der Waals surface area contributed by atoms with Crippen LogP contribution in [0.3, 0.4) is 0 Å². The predicted molar refractivity (Wildman–Crippen MR) is 146 cm³/mol. The van der Waals surface area contributed by atoms with Crippen LogP contribution in [-0.2, 0) is 24.8 Å². The normalized spacial score (nSPS) is 22.4. The van der Waals surface area contributed by atoms with Gasteiger partial charge in [0, 0.05) is 46.8 Å². The average molecular weight is 551 g/mol. The number of benzene rings is 2. The van der Waals surface area contributed by atoms with Crippen molar-refractivity contribution in [2.45, 2.75) is 48.7 Å². The number of hydrogen-bond donors (Lipinski definition) is 1. The highest BCUT2D eigenvalue weighted by Crippen LogP contribution is 2.32. The highest BCUT2D eigenvalue weighted by Gasteiger charge is 2.28. The number of sulfonamides is 2. The second kappa shape index (κ2) is 11.3. The molecule has 0 unspecified atom stereocenters. The fraction of sp³-hybridized carbons (Fsp3) is 0.538. The number of rotatable bonds is 8. The minimum atomic E-state index is -3.90. The van der Waals surface area contributed by atoms with Gasteiger partial charge in [-0.2, -0.15) is 0 Å². The maximum atomic E-state index is 13.2. The van der Waals surface area contributed by atoms with Gasteiger partial charge in [0.05, 0.1) is 33.4 Å². The number of morpholine rings is 1. The molecule has 0 spiro atoms. The van der Waals surface area contributed by atoms with Crippen molar-refractivity contribution in [2.75, 3.05) is 56.4 Å². The van der Waals surface area contributed by atoms with Crippen molar-refractivity contribution in [3.63, 3.8) is 0 Å². The molecule has 2 heterocycles. The number of nitrogens with zero attached hydrogens (tertiary/aromatic N) is 3. The van der Waals surface area contributed by atoms with Crippen molar-refractivity contribution in [2.24, 2.45) is 5.92 Å². The molecule has 4 rings (SSSR count). The van der Waals surface area contributed by atoms with E-state index in [2.05, 4.69) is 28.4 Å². The van der Waals surface area contributed by atoms with Gasteiger partial charge in [-0.3, -0.25) is 9.62 Å². The summed E-state index contributed by atoms with van der Waals surface area (Å²) in [5, 5.41) is 0. The summed E-state index contributed by atoms with van der Waals surface area (Å²) >= 11 is 0. The zero-order valence-electron chi connectivity index (χ0n) is 22.0. The average Bonchev–Trinajstić information content (AvgIpc) is 2.84. The molecule has 0 amide bonds. The van der Waals surface area contributed by atoms with Crippen molar-refractivity contribution >= 4 is 31.4 Å². The van der Waals surface area contributed by atoms with Crippen LogP contribution in [0.5, 0.6) is 0 Å². The van der Waals surface area contributed by atoms with Gasteiger partial charge in [0.15, 0.2) is 0 Å². The number of piperidine rings is 1. The lowest BCUT2D eigenvalue weighted by atomic mass is 9.95. The summed E-state index contributed by atoms with van der Waals surface area (Å²) in [6.45, 7) is 8.98. The van der Waals surface area contributed by atoms with E-state index < -0.39 is 20.0 Å². The van der Waals surface area contributed by atoms with E-state index in [9.17, 15) is 16.8 Å². The van der Waals surface area contributed by atoms with Gasteiger partial charge >= 0.3 is 0 Å². The summed E-state index contributed by atoms with van der Waals surface area (Å²) in [7, 11) is -4.67. The van der Waals surface area contributed by atoms with Gasteiger partial charge in [-0.25, -0.2) is 21.1 Å². The molecule has 2 atom stereocenters. The quantitative estimate of drug-likeness (QED) is 0.539. The Morgan fingerprint density at radius 2 is 1.46 bits per heavy atom. The summed E-state index contributed by atoms with van der Waals surface area (Å²) in [6, 6.07) is 12.7. The van der Waals surface area contributed by atoms with E-state index in [-0.39, 0.29) is 22.0 Å². The predicted octanol–water partition coefficient (Wildman–Crippen LogP) is 3.06. The molecule has 2 aromatic carbocycles. The first kappa shape index (κ1) is 27.8. The van der Waals surface area contributed by atoms with Crippen LogP contribution in [-0.4, -0.2) is 85.1 Å². The van der Waals surface area contributed by atoms with Crippen molar-refractivity contribution in [3.8, 4) is 0 Å². The number of hydrogen-bond acceptors (Lipinski definition) is 7. The number of para-hydroxylation sites is 2. The molecule has 11 heteroatoms. The Morgan fingerprint density at radius 3 is 2.05 bits per heavy atom. The van der Waals surface area contributed by atoms with E-state index in [0.29, 0.717) is 11.6 Å². The summed E-state index contributed by atoms with van der Waals surface area (Å²) in [4.78, 5) is 4.80. The van der Waals surface area contributed by atoms with Crippen molar-refractivity contribution in [1.29, 1.82) is 0 Å². The lowest BCUT2D eigenvalue weighted by Crippen LogP contribution is -2.48. The largest absolute Gasteiger partial charge is 0.373 e. The van der Waals surface area contributed by atoms with E-state index in [1.165, 1.54) is 38.4 Å². The fourth-order valence-corrected chi connectivity index (χ4v) is 7.17. The summed E-state index contributed by atoms with van der Waals surface area (Å²) in [6.07, 6.45) is 2.61. The Kier molecular flexibility index (Phi) is 8.49. The molecule has 0 aromatic heterocycles. The standard InChI is InChI=1S/C26H38N4O5S2/c1-20-17-29(18-21(2)35-20)19-22-13-15-30(16-14-22)26-8-6-5-7-25(26)27-36(31,32)23-9-11-24(12-10-23)37(33,34)28(3)4/h5-12,20-22,27H,13-19H2,1-4H3/t20-,21+. The molecule has 0 aliphatic carbocycles. The van der Waals surface area contributed by atoms with Crippen LogP contribution in [0.2, 0.25) is 0 Å². The Labute approximate surface area is 221 Å². The molecule has 2 aliphatic heterocycles. The van der Waals surface area contributed by atoms with E-state index in [0.717, 1.165) is 55.6 Å². The summed E-state index contributed by atoms with van der Waals surface area (Å²) < 4.78 is 60.6. The second-order valence-electron chi connectivity index (χ2n) is 10.3. The van der Waals surface area contributed by atoms with Crippen LogP contribution in [0.25, 0.3) is 0 Å². The van der Waals surface area contributed by atoms with Crippen LogP contribution < -0.4 is 9.62 Å². The first-order valence-electron chi connectivity index (χ1n) is 12.7. The maximum absolute atomic E-state index is 13.2. The molecule has 2 aliphatic rings. The van der Waals surface area contributed by atoms with E-state index >= 15 is 0 Å². The van der Waals surface area contributed by atoms with Gasteiger partial charge in [-0.1, -0.05) is 12.1 Å². The van der Waals surface area contributed by atoms with E-state index in [1.807, 2.05) is 18.2 Å². The van der Waals surface area contributed by atoms with Crippen molar-refractivity contribution in [3.05, 3.63) is 48.5 Å². The monoisotopic (exact) mass is 550 g/mol. The summed E-state index contributed by atoms with van der Waals surface area (Å²) in [5.74, 6) is 0.606. The van der Waals surface area contributed by atoms with Crippen LogP contribution in [0.1, 0.15) is 26.7 Å². The Balaban J connectivity index is 1.42. The second-order valence-corrected chi connectivity index (χ2v) is 14.1. The molecule has 1 N–H and O–H groups in total. The van der Waals surface area contributed by atoms with Gasteiger partial charge in [-0.15, -0.1) is 0 Å². The van der Waals surface area contributed by atoms with Crippen LogP contribution in [0.4, 0.5) is 11.4 Å². The SMILES string of the molecule is C[C@@H]1CN(CC2CCN(c3ccccc3NS(=O)(=O)c3ccc(S(=O)(=O)N(C)C)cc3)CC2)C[C@H](C)O1. The molecular weight excluding hydrogens is 512 g/mol. The Bertz CT molecular complexity index is 1260. The first-order valence-corrected chi connectivity index (χ1v) is 15.7. The molecule has 0 saturated carbocycles. The third-order valence-electron chi connectivity index (χ3n) is 7.03. The van der Waals surface area contributed by atoms with Gasteiger partial charge in [0.1, 0.15) is 0 Å². The number of anilines is 2. The van der Waals surface area contributed by atoms with Gasteiger partial charge < -0.3 is 9.64 Å². The molecule has 204 valence electrons. The van der Waals surface area contributed by atoms with E-state index in [4.69, 9.17) is 4.74 Å². The number of nitrogens with one attached hydrogen (secondary N) is 1. The van der Waals surface area contributed by atoms with Gasteiger partial charge in [0.2, 0.25) is 10.0 Å². The highest BCUT2D eigenvalue weighted by molar-refractivity contribution is 7.92. The zero-order chi connectivity index (χ0) is 26.8. The Hall–Kier alpha value is -2.18. The highest BCUT2D eigenvalue weighted by atomic mass is 32.2. The fourth-order valence-electron chi connectivity index (χ4n) is 5.20. The smallest absolute Gasteiger partial charge is 0.261 e. The molecular formula is C26H38N4O5S2. The topological polar surface area (TPSA) is 99.3 Å².